The number of aromatic nitrogens is 8. The minimum Gasteiger partial charge on any atom is -0.309 e. The lowest BCUT2D eigenvalue weighted by molar-refractivity contribution is 1.02. The normalized spacial score (nSPS) is 11.8. The van der Waals surface area contributed by atoms with Crippen LogP contribution in [0.15, 0.2) is 315 Å². The summed E-state index contributed by atoms with van der Waals surface area (Å²) >= 11 is 0. The molecule has 0 aliphatic rings. The zero-order chi connectivity index (χ0) is 65.4. The third-order valence-electron chi connectivity index (χ3n) is 20.0. The van der Waals surface area contributed by atoms with Crippen molar-refractivity contribution in [2.24, 2.45) is 0 Å². The summed E-state index contributed by atoms with van der Waals surface area (Å²) in [5.41, 5.74) is 18.1. The molecular weight excluding hydrogens is 1210 g/mol. The lowest BCUT2D eigenvalue weighted by atomic mass is 9.98. The van der Waals surface area contributed by atoms with E-state index in [0.717, 1.165) is 143 Å². The van der Waals surface area contributed by atoms with E-state index in [1.165, 1.54) is 0 Å². The molecule has 0 aliphatic carbocycles. The monoisotopic (exact) mass is 1260 g/mol. The van der Waals surface area contributed by atoms with Crippen molar-refractivity contribution in [3.05, 3.63) is 327 Å². The van der Waals surface area contributed by atoms with Gasteiger partial charge in [0.1, 0.15) is 23.3 Å². The molecule has 0 N–H and O–H groups in total. The maximum absolute atomic E-state index is 12.9. The second-order valence-electron chi connectivity index (χ2n) is 25.2. The van der Waals surface area contributed by atoms with E-state index in [2.05, 4.69) is 284 Å². The molecule has 0 spiro atoms. The fraction of sp³-hybridized carbons (Fsp3) is 0. The van der Waals surface area contributed by atoms with E-state index in [-0.39, 0.29) is 0 Å². The fourth-order valence-corrected chi connectivity index (χ4v) is 15.9. The SMILES string of the molecule is N#Cc1c(-n2c3ccccc3c3ccccc32)c(-n2c3ccccc3c3ccccc32)c(C#N)c(-n2c3ccccc3c3cc(-c4ccc5c(c4)c4ccccc4n5-c4ccccc4-c4nc(-c5ccccc5)nc(-c5ccccc5)n4)ccc32)c1-n1c2ccccc2c2ccccc21. The highest BCUT2D eigenvalue weighted by molar-refractivity contribution is 6.17. The molecule has 99 heavy (non-hydrogen) atoms. The average molecular weight is 1260 g/mol. The summed E-state index contributed by atoms with van der Waals surface area (Å²) in [5.74, 6) is 1.77. The zero-order valence-electron chi connectivity index (χ0n) is 53.0. The summed E-state index contributed by atoms with van der Waals surface area (Å²) < 4.78 is 11.3. The Morgan fingerprint density at radius 2 is 0.465 bits per heavy atom. The Morgan fingerprint density at radius 3 is 0.798 bits per heavy atom. The molecule has 0 radical (unpaired) electrons. The third kappa shape index (κ3) is 8.18. The van der Waals surface area contributed by atoms with Crippen LogP contribution in [0, 0.1) is 22.7 Å². The molecule has 0 unspecified atom stereocenters. The molecule has 20 rings (SSSR count). The number of hydrogen-bond donors (Lipinski definition) is 0. The van der Waals surface area contributed by atoms with Crippen molar-refractivity contribution in [2.75, 3.05) is 0 Å². The van der Waals surface area contributed by atoms with Gasteiger partial charge in [0.15, 0.2) is 17.5 Å². The molecule has 0 amide bonds. The van der Waals surface area contributed by atoms with Crippen molar-refractivity contribution in [1.29, 1.82) is 10.5 Å². The summed E-state index contributed by atoms with van der Waals surface area (Å²) in [6.45, 7) is 0. The second kappa shape index (κ2) is 21.8. The molecule has 458 valence electrons. The van der Waals surface area contributed by atoms with Crippen LogP contribution in [-0.4, -0.2) is 37.8 Å². The predicted octanol–water partition coefficient (Wildman–Crippen LogP) is 21.8. The molecule has 0 saturated carbocycles. The Bertz CT molecular complexity index is 6670. The number of fused-ring (bicyclic) bond motifs is 15. The van der Waals surface area contributed by atoms with E-state index in [1.807, 2.05) is 66.7 Å². The van der Waals surface area contributed by atoms with Crippen molar-refractivity contribution in [3.8, 4) is 85.9 Å². The van der Waals surface area contributed by atoms with Crippen LogP contribution in [-0.2, 0) is 0 Å². The summed E-state index contributed by atoms with van der Waals surface area (Å²) in [6, 6.07) is 116. The first-order valence-corrected chi connectivity index (χ1v) is 33.1. The lowest BCUT2D eigenvalue weighted by Crippen LogP contribution is -2.16. The van der Waals surface area contributed by atoms with Crippen LogP contribution in [0.5, 0.6) is 0 Å². The maximum Gasteiger partial charge on any atom is 0.166 e. The second-order valence-corrected chi connectivity index (χ2v) is 25.2. The van der Waals surface area contributed by atoms with Gasteiger partial charge in [0, 0.05) is 70.6 Å². The van der Waals surface area contributed by atoms with Crippen molar-refractivity contribution in [2.45, 2.75) is 0 Å². The van der Waals surface area contributed by atoms with Crippen LogP contribution in [0.4, 0.5) is 0 Å². The Kier molecular flexibility index (Phi) is 12.2. The third-order valence-corrected chi connectivity index (χ3v) is 20.0. The van der Waals surface area contributed by atoms with E-state index >= 15 is 0 Å². The van der Waals surface area contributed by atoms with Crippen molar-refractivity contribution in [3.63, 3.8) is 0 Å². The molecule has 0 atom stereocenters. The summed E-state index contributed by atoms with van der Waals surface area (Å²) in [6.07, 6.45) is 0. The first-order chi connectivity index (χ1) is 49.1. The van der Waals surface area contributed by atoms with Crippen LogP contribution in [0.25, 0.3) is 183 Å². The maximum atomic E-state index is 12.9. The number of para-hydroxylation sites is 9. The van der Waals surface area contributed by atoms with E-state index < -0.39 is 0 Å². The van der Waals surface area contributed by atoms with Gasteiger partial charge >= 0.3 is 0 Å². The first-order valence-electron chi connectivity index (χ1n) is 33.1. The lowest BCUT2D eigenvalue weighted by Gasteiger charge is -2.27. The Labute approximate surface area is 566 Å². The highest BCUT2D eigenvalue weighted by atomic mass is 15.1. The van der Waals surface area contributed by atoms with Crippen LogP contribution in [0.2, 0.25) is 0 Å². The molecule has 0 aliphatic heterocycles. The number of rotatable bonds is 9. The van der Waals surface area contributed by atoms with Gasteiger partial charge in [-0.1, -0.05) is 231 Å². The van der Waals surface area contributed by atoms with Gasteiger partial charge in [0.25, 0.3) is 0 Å². The van der Waals surface area contributed by atoms with E-state index in [0.29, 0.717) is 51.3 Å². The van der Waals surface area contributed by atoms with Crippen LogP contribution in [0.3, 0.4) is 0 Å². The molecule has 14 aromatic carbocycles. The van der Waals surface area contributed by atoms with Gasteiger partial charge < -0.3 is 22.8 Å². The Morgan fingerprint density at radius 1 is 0.212 bits per heavy atom. The Balaban J connectivity index is 0.858. The van der Waals surface area contributed by atoms with Gasteiger partial charge in [-0.3, -0.25) is 0 Å². The fourth-order valence-electron chi connectivity index (χ4n) is 15.9. The van der Waals surface area contributed by atoms with Gasteiger partial charge in [-0.2, -0.15) is 10.5 Å². The average Bonchev–Trinajstić information content (AvgIpc) is 1.58. The minimum atomic E-state index is 0.396. The van der Waals surface area contributed by atoms with Crippen molar-refractivity contribution in [1.82, 2.24) is 37.8 Å². The van der Waals surface area contributed by atoms with Crippen LogP contribution in [0.1, 0.15) is 11.1 Å². The summed E-state index contributed by atoms with van der Waals surface area (Å²) in [7, 11) is 0. The molecule has 20 aromatic rings. The van der Waals surface area contributed by atoms with Gasteiger partial charge in [0.2, 0.25) is 0 Å². The van der Waals surface area contributed by atoms with Gasteiger partial charge in [-0.05, 0) is 96.1 Å². The molecule has 0 fully saturated rings. The summed E-state index contributed by atoms with van der Waals surface area (Å²) in [4.78, 5) is 15.5. The highest BCUT2D eigenvalue weighted by Gasteiger charge is 2.35. The predicted molar refractivity (Wildman–Crippen MR) is 403 cm³/mol. The van der Waals surface area contributed by atoms with Gasteiger partial charge in [0.05, 0.1) is 83.6 Å². The van der Waals surface area contributed by atoms with E-state index in [4.69, 9.17) is 15.0 Å². The Hall–Kier alpha value is -13.9. The highest BCUT2D eigenvalue weighted by Crippen LogP contribution is 2.50. The zero-order valence-corrected chi connectivity index (χ0v) is 53.0. The molecular formula is C89H52N10. The summed E-state index contributed by atoms with van der Waals surface area (Å²) in [5, 5.41) is 36.0. The molecule has 10 nitrogen and oxygen atoms in total. The number of benzene rings is 14. The topological polar surface area (TPSA) is 111 Å². The molecule has 0 saturated heterocycles. The quantitative estimate of drug-likeness (QED) is 0.143. The largest absolute Gasteiger partial charge is 0.309 e. The number of nitrogens with zero attached hydrogens (tertiary/aromatic N) is 10. The number of hydrogen-bond acceptors (Lipinski definition) is 5. The minimum absolute atomic E-state index is 0.396. The van der Waals surface area contributed by atoms with Gasteiger partial charge in [-0.25, -0.2) is 15.0 Å². The smallest absolute Gasteiger partial charge is 0.166 e. The standard InChI is InChI=1S/C89H52N10/c90-53-70-83(96-73-39-17-7-29-59(73)60-30-8-18-40-74(60)96)84(97-75-41-19-9-31-61(75)62-32-10-20-42-76(62)97)71(54-91)86(85(70)98-77-43-21-11-33-63(77)64-34-12-22-44-78(64)98)99-79-45-23-14-36-66(79)69-52-58(48-50-82(69)99)57-47-49-81-68(51-57)65-35-13-16-38-72(65)95(81)80-46-24-15-37-67(80)89-93-87(55-25-3-1-4-26-55)92-88(94-89)56-27-5-2-6-28-56/h1-52H. The van der Waals surface area contributed by atoms with Crippen LogP contribution < -0.4 is 0 Å². The molecule has 6 aromatic heterocycles. The van der Waals surface area contributed by atoms with Gasteiger partial charge in [-0.15, -0.1) is 0 Å². The number of nitriles is 2. The first kappa shape index (κ1) is 55.5. The molecule has 10 heteroatoms. The molecule has 0 bridgehead atoms. The van der Waals surface area contributed by atoms with E-state index in [9.17, 15) is 10.5 Å². The van der Waals surface area contributed by atoms with Crippen molar-refractivity contribution >= 4 is 109 Å². The van der Waals surface area contributed by atoms with Crippen LogP contribution >= 0.6 is 0 Å². The van der Waals surface area contributed by atoms with Crippen molar-refractivity contribution < 1.29 is 0 Å². The van der Waals surface area contributed by atoms with E-state index in [1.54, 1.807) is 0 Å². The molecule has 6 heterocycles.